The number of nitrogens with zero attached hydrogens (tertiary/aromatic N) is 2. The summed E-state index contributed by atoms with van der Waals surface area (Å²) < 4.78 is 27.6. The lowest BCUT2D eigenvalue weighted by molar-refractivity contribution is -0.132. The molecular formula is C14H19BrN2O3S. The van der Waals surface area contributed by atoms with Gasteiger partial charge in [0.15, 0.2) is 0 Å². The van der Waals surface area contributed by atoms with Gasteiger partial charge in [-0.1, -0.05) is 22.9 Å². The molecule has 0 spiro atoms. The molecular weight excluding hydrogens is 356 g/mol. The lowest BCUT2D eigenvalue weighted by atomic mass is 10.2. The third-order valence-electron chi connectivity index (χ3n) is 3.66. The van der Waals surface area contributed by atoms with E-state index in [9.17, 15) is 13.2 Å². The van der Waals surface area contributed by atoms with Gasteiger partial charge in [0.1, 0.15) is 0 Å². The molecule has 1 aromatic carbocycles. The van der Waals surface area contributed by atoms with Crippen molar-refractivity contribution in [3.05, 3.63) is 28.2 Å². The molecule has 5 nitrogen and oxygen atoms in total. The third kappa shape index (κ3) is 3.46. The molecule has 0 unspecified atom stereocenters. The molecule has 1 aromatic rings. The standard InChI is InChI=1S/C14H19BrN2O3S/c1-3-14(18)16-6-8-17(9-7-16)21(19,20)12-4-5-13(15)11(2)10-12/h4-5,10H,3,6-9H2,1-2H3. The van der Waals surface area contributed by atoms with E-state index in [0.717, 1.165) is 10.0 Å². The Morgan fingerprint density at radius 3 is 2.38 bits per heavy atom. The van der Waals surface area contributed by atoms with E-state index in [1.54, 1.807) is 23.1 Å². The SMILES string of the molecule is CCC(=O)N1CCN(S(=O)(=O)c2ccc(Br)c(C)c2)CC1. The monoisotopic (exact) mass is 374 g/mol. The molecule has 0 saturated carbocycles. The normalized spacial score (nSPS) is 17.0. The minimum absolute atomic E-state index is 0.0755. The molecule has 0 N–H and O–H groups in total. The van der Waals surface area contributed by atoms with Crippen molar-refractivity contribution >= 4 is 31.9 Å². The van der Waals surface area contributed by atoms with Crippen molar-refractivity contribution in [2.45, 2.75) is 25.2 Å². The Morgan fingerprint density at radius 1 is 1.24 bits per heavy atom. The van der Waals surface area contributed by atoms with Crippen LogP contribution in [0.4, 0.5) is 0 Å². The van der Waals surface area contributed by atoms with E-state index in [-0.39, 0.29) is 5.91 Å². The first-order valence-corrected chi connectivity index (χ1v) is 9.13. The van der Waals surface area contributed by atoms with Crippen LogP contribution in [-0.2, 0) is 14.8 Å². The van der Waals surface area contributed by atoms with Gasteiger partial charge >= 0.3 is 0 Å². The number of carbonyl (C=O) groups excluding carboxylic acids is 1. The molecule has 0 radical (unpaired) electrons. The van der Waals surface area contributed by atoms with Gasteiger partial charge in [-0.2, -0.15) is 4.31 Å². The first-order valence-electron chi connectivity index (χ1n) is 6.90. The lowest BCUT2D eigenvalue weighted by Gasteiger charge is -2.34. The minimum atomic E-state index is -3.48. The highest BCUT2D eigenvalue weighted by Crippen LogP contribution is 2.23. The Balaban J connectivity index is 2.14. The fraction of sp³-hybridized carbons (Fsp3) is 0.500. The Hall–Kier alpha value is -0.920. The van der Waals surface area contributed by atoms with Gasteiger partial charge in [0.25, 0.3) is 0 Å². The van der Waals surface area contributed by atoms with Crippen LogP contribution in [-0.4, -0.2) is 49.7 Å². The predicted octanol–water partition coefficient (Wildman–Crippen LogP) is 2.00. The smallest absolute Gasteiger partial charge is 0.243 e. The van der Waals surface area contributed by atoms with E-state index in [1.807, 2.05) is 13.8 Å². The molecule has 7 heteroatoms. The third-order valence-corrected chi connectivity index (χ3v) is 6.45. The van der Waals surface area contributed by atoms with Crippen molar-refractivity contribution < 1.29 is 13.2 Å². The summed E-state index contributed by atoms with van der Waals surface area (Å²) >= 11 is 3.37. The molecule has 0 bridgehead atoms. The molecule has 2 rings (SSSR count). The predicted molar refractivity (Wildman–Crippen MR) is 84.5 cm³/mol. The van der Waals surface area contributed by atoms with Gasteiger partial charge in [0.2, 0.25) is 15.9 Å². The first kappa shape index (κ1) is 16.5. The maximum absolute atomic E-state index is 12.6. The van der Waals surface area contributed by atoms with Crippen molar-refractivity contribution in [3.63, 3.8) is 0 Å². The molecule has 0 aromatic heterocycles. The number of sulfonamides is 1. The van der Waals surface area contributed by atoms with Gasteiger partial charge in [-0.05, 0) is 30.7 Å². The highest BCUT2D eigenvalue weighted by atomic mass is 79.9. The molecule has 0 aliphatic carbocycles. The number of amides is 1. The second-order valence-corrected chi connectivity index (χ2v) is 7.84. The van der Waals surface area contributed by atoms with E-state index < -0.39 is 10.0 Å². The molecule has 116 valence electrons. The summed E-state index contributed by atoms with van der Waals surface area (Å²) in [6.45, 7) is 5.30. The Morgan fingerprint density at radius 2 is 1.86 bits per heavy atom. The molecule has 1 aliphatic heterocycles. The number of piperazine rings is 1. The van der Waals surface area contributed by atoms with Crippen molar-refractivity contribution in [1.82, 2.24) is 9.21 Å². The van der Waals surface area contributed by atoms with Crippen molar-refractivity contribution in [2.75, 3.05) is 26.2 Å². The average molecular weight is 375 g/mol. The zero-order valence-electron chi connectivity index (χ0n) is 12.2. The summed E-state index contributed by atoms with van der Waals surface area (Å²) in [5, 5.41) is 0. The second-order valence-electron chi connectivity index (χ2n) is 5.05. The zero-order chi connectivity index (χ0) is 15.6. The maximum Gasteiger partial charge on any atom is 0.243 e. The van der Waals surface area contributed by atoms with Gasteiger partial charge in [-0.3, -0.25) is 4.79 Å². The van der Waals surface area contributed by atoms with Crippen molar-refractivity contribution in [2.24, 2.45) is 0 Å². The second kappa shape index (κ2) is 6.46. The van der Waals surface area contributed by atoms with Crippen LogP contribution >= 0.6 is 15.9 Å². The van der Waals surface area contributed by atoms with E-state index in [2.05, 4.69) is 15.9 Å². The molecule has 0 atom stereocenters. The average Bonchev–Trinajstić information content (AvgIpc) is 2.49. The summed E-state index contributed by atoms with van der Waals surface area (Å²) in [6.07, 6.45) is 0.457. The minimum Gasteiger partial charge on any atom is -0.340 e. The van der Waals surface area contributed by atoms with Crippen LogP contribution in [0.25, 0.3) is 0 Å². The van der Waals surface area contributed by atoms with Crippen LogP contribution in [0, 0.1) is 6.92 Å². The topological polar surface area (TPSA) is 57.7 Å². The number of carbonyl (C=O) groups is 1. The summed E-state index contributed by atoms with van der Waals surface area (Å²) in [6, 6.07) is 5.03. The first-order chi connectivity index (χ1) is 9.86. The van der Waals surface area contributed by atoms with E-state index in [4.69, 9.17) is 0 Å². The largest absolute Gasteiger partial charge is 0.340 e. The number of aryl methyl sites for hydroxylation is 1. The molecule has 1 saturated heterocycles. The molecule has 1 aliphatic rings. The number of hydrogen-bond acceptors (Lipinski definition) is 3. The van der Waals surface area contributed by atoms with Crippen LogP contribution in [0.2, 0.25) is 0 Å². The van der Waals surface area contributed by atoms with Gasteiger partial charge in [-0.15, -0.1) is 0 Å². The highest BCUT2D eigenvalue weighted by Gasteiger charge is 2.29. The summed E-state index contributed by atoms with van der Waals surface area (Å²) in [5.74, 6) is 0.0755. The van der Waals surface area contributed by atoms with Gasteiger partial charge < -0.3 is 4.90 Å². The van der Waals surface area contributed by atoms with Crippen LogP contribution in [0.3, 0.4) is 0 Å². The van der Waals surface area contributed by atoms with E-state index in [0.29, 0.717) is 37.5 Å². The Kier molecular flexibility index (Phi) is 5.06. The van der Waals surface area contributed by atoms with Crippen LogP contribution in [0.1, 0.15) is 18.9 Å². The Labute approximate surface area is 134 Å². The molecule has 21 heavy (non-hydrogen) atoms. The van der Waals surface area contributed by atoms with E-state index >= 15 is 0 Å². The zero-order valence-corrected chi connectivity index (χ0v) is 14.6. The van der Waals surface area contributed by atoms with Gasteiger partial charge in [0.05, 0.1) is 4.90 Å². The fourth-order valence-electron chi connectivity index (χ4n) is 2.33. The molecule has 1 fully saturated rings. The highest BCUT2D eigenvalue weighted by molar-refractivity contribution is 9.10. The van der Waals surface area contributed by atoms with Crippen LogP contribution < -0.4 is 0 Å². The summed E-state index contributed by atoms with van der Waals surface area (Å²) in [7, 11) is -3.48. The fourth-order valence-corrected chi connectivity index (χ4v) is 4.08. The number of benzene rings is 1. The van der Waals surface area contributed by atoms with Gasteiger partial charge in [0, 0.05) is 37.1 Å². The number of halogens is 1. The van der Waals surface area contributed by atoms with Crippen LogP contribution in [0.15, 0.2) is 27.6 Å². The maximum atomic E-state index is 12.6. The number of hydrogen-bond donors (Lipinski definition) is 0. The van der Waals surface area contributed by atoms with Crippen LogP contribution in [0.5, 0.6) is 0 Å². The summed E-state index contributed by atoms with van der Waals surface area (Å²) in [5.41, 5.74) is 0.885. The Bertz CT molecular complexity index is 638. The number of rotatable bonds is 3. The molecule has 1 heterocycles. The quantitative estimate of drug-likeness (QED) is 0.812. The van der Waals surface area contributed by atoms with Gasteiger partial charge in [-0.25, -0.2) is 8.42 Å². The van der Waals surface area contributed by atoms with Crippen molar-refractivity contribution in [3.8, 4) is 0 Å². The molecule has 1 amide bonds. The van der Waals surface area contributed by atoms with E-state index in [1.165, 1.54) is 4.31 Å². The summed E-state index contributed by atoms with van der Waals surface area (Å²) in [4.78, 5) is 13.7. The van der Waals surface area contributed by atoms with Crippen molar-refractivity contribution in [1.29, 1.82) is 0 Å². The lowest BCUT2D eigenvalue weighted by Crippen LogP contribution is -2.50.